The minimum absolute atomic E-state index is 0.0110. The molecule has 0 aliphatic rings. The minimum Gasteiger partial charge on any atom is -0.477 e. The molecule has 0 saturated carbocycles. The number of halogens is 2. The topological polar surface area (TPSA) is 55.4 Å². The molecule has 0 unspecified atom stereocenters. The molecule has 2 heterocycles. The minimum atomic E-state index is -1.14. The van der Waals surface area contributed by atoms with Crippen LogP contribution in [0.4, 0.5) is 8.78 Å². The fraction of sp³-hybridized carbons (Fsp3) is 0.0714. The van der Waals surface area contributed by atoms with Gasteiger partial charge < -0.3 is 14.1 Å². The fourth-order valence-corrected chi connectivity index (χ4v) is 2.14. The highest BCUT2D eigenvalue weighted by molar-refractivity contribution is 5.92. The quantitative estimate of drug-likeness (QED) is 0.799. The van der Waals surface area contributed by atoms with Crippen molar-refractivity contribution in [1.29, 1.82) is 0 Å². The molecule has 2 aromatic heterocycles. The van der Waals surface area contributed by atoms with Crippen molar-refractivity contribution in [2.45, 2.75) is 6.54 Å². The summed E-state index contributed by atoms with van der Waals surface area (Å²) < 4.78 is 33.1. The Morgan fingerprint density at radius 3 is 2.75 bits per heavy atom. The average Bonchev–Trinajstić information content (AvgIpc) is 2.94. The third-order valence-corrected chi connectivity index (χ3v) is 3.09. The van der Waals surface area contributed by atoms with Crippen molar-refractivity contribution in [3.63, 3.8) is 0 Å². The van der Waals surface area contributed by atoms with Gasteiger partial charge in [-0.05, 0) is 6.07 Å². The molecule has 1 aromatic carbocycles. The van der Waals surface area contributed by atoms with Crippen LogP contribution in [0.15, 0.2) is 41.0 Å². The molecule has 20 heavy (non-hydrogen) atoms. The first-order chi connectivity index (χ1) is 9.56. The van der Waals surface area contributed by atoms with Gasteiger partial charge in [-0.2, -0.15) is 0 Å². The lowest BCUT2D eigenvalue weighted by atomic mass is 10.2. The molecule has 0 spiro atoms. The SMILES string of the molecule is O=C(O)c1cc2occc2n1Cc1ccc(F)cc1F. The molecule has 3 rings (SSSR count). The molecule has 3 aromatic rings. The van der Waals surface area contributed by atoms with Crippen LogP contribution in [0.25, 0.3) is 11.1 Å². The first-order valence-corrected chi connectivity index (χ1v) is 5.80. The highest BCUT2D eigenvalue weighted by Gasteiger charge is 2.17. The van der Waals surface area contributed by atoms with Crippen molar-refractivity contribution in [2.24, 2.45) is 0 Å². The van der Waals surface area contributed by atoms with Gasteiger partial charge in [0.2, 0.25) is 0 Å². The van der Waals surface area contributed by atoms with E-state index in [0.29, 0.717) is 11.1 Å². The standard InChI is InChI=1S/C14H9F2NO3/c15-9-2-1-8(10(16)5-9)7-17-11-3-4-20-13(11)6-12(17)14(18)19/h1-6H,7H2,(H,18,19). The zero-order chi connectivity index (χ0) is 14.3. The Morgan fingerprint density at radius 2 is 2.05 bits per heavy atom. The molecule has 0 aliphatic carbocycles. The smallest absolute Gasteiger partial charge is 0.352 e. The van der Waals surface area contributed by atoms with Gasteiger partial charge in [0, 0.05) is 23.8 Å². The van der Waals surface area contributed by atoms with Crippen LogP contribution in [0.1, 0.15) is 16.1 Å². The molecule has 6 heteroatoms. The molecule has 0 bridgehead atoms. The fourth-order valence-electron chi connectivity index (χ4n) is 2.14. The summed E-state index contributed by atoms with van der Waals surface area (Å²) in [5, 5.41) is 9.16. The number of aromatic carboxylic acids is 1. The molecule has 1 N–H and O–H groups in total. The summed E-state index contributed by atoms with van der Waals surface area (Å²) in [7, 11) is 0. The summed E-state index contributed by atoms with van der Waals surface area (Å²) in [6.45, 7) is -0.0171. The number of carbonyl (C=O) groups is 1. The summed E-state index contributed by atoms with van der Waals surface area (Å²) >= 11 is 0. The molecule has 0 aliphatic heterocycles. The molecule has 0 radical (unpaired) electrons. The van der Waals surface area contributed by atoms with Crippen LogP contribution in [0.5, 0.6) is 0 Å². The van der Waals surface area contributed by atoms with Crippen LogP contribution in [-0.4, -0.2) is 15.6 Å². The summed E-state index contributed by atoms with van der Waals surface area (Å²) in [6, 6.07) is 6.17. The lowest BCUT2D eigenvalue weighted by Gasteiger charge is -2.08. The number of hydrogen-bond donors (Lipinski definition) is 1. The van der Waals surface area contributed by atoms with Crippen LogP contribution >= 0.6 is 0 Å². The molecule has 4 nitrogen and oxygen atoms in total. The zero-order valence-corrected chi connectivity index (χ0v) is 10.1. The summed E-state index contributed by atoms with van der Waals surface area (Å²) in [5.41, 5.74) is 1.15. The number of carboxylic acid groups (broad SMARTS) is 1. The summed E-state index contributed by atoms with van der Waals surface area (Å²) in [6.07, 6.45) is 1.42. The molecular weight excluding hydrogens is 268 g/mol. The van der Waals surface area contributed by atoms with Gasteiger partial charge in [0.1, 0.15) is 17.3 Å². The molecule has 102 valence electrons. The number of nitrogens with zero attached hydrogens (tertiary/aromatic N) is 1. The van der Waals surface area contributed by atoms with Crippen LogP contribution in [-0.2, 0) is 6.54 Å². The molecule has 0 fully saturated rings. The van der Waals surface area contributed by atoms with E-state index in [0.717, 1.165) is 12.1 Å². The van der Waals surface area contributed by atoms with E-state index in [2.05, 4.69) is 0 Å². The molecule has 0 amide bonds. The Kier molecular flexibility index (Phi) is 2.78. The second kappa shape index (κ2) is 4.48. The first-order valence-electron chi connectivity index (χ1n) is 5.80. The maximum Gasteiger partial charge on any atom is 0.352 e. The molecule has 0 atom stereocenters. The van der Waals surface area contributed by atoms with Gasteiger partial charge in [0.25, 0.3) is 0 Å². The molecule has 0 saturated heterocycles. The largest absolute Gasteiger partial charge is 0.477 e. The number of fused-ring (bicyclic) bond motifs is 1. The normalized spacial score (nSPS) is 11.1. The van der Waals surface area contributed by atoms with Gasteiger partial charge >= 0.3 is 5.97 Å². The Hall–Kier alpha value is -2.63. The monoisotopic (exact) mass is 277 g/mol. The van der Waals surface area contributed by atoms with Crippen molar-refractivity contribution in [2.75, 3.05) is 0 Å². The van der Waals surface area contributed by atoms with Gasteiger partial charge in [-0.25, -0.2) is 13.6 Å². The van der Waals surface area contributed by atoms with E-state index >= 15 is 0 Å². The van der Waals surface area contributed by atoms with Gasteiger partial charge in [0.05, 0.1) is 18.3 Å². The van der Waals surface area contributed by atoms with E-state index in [1.807, 2.05) is 0 Å². The lowest BCUT2D eigenvalue weighted by Crippen LogP contribution is -2.10. The highest BCUT2D eigenvalue weighted by atomic mass is 19.1. The predicted molar refractivity (Wildman–Crippen MR) is 66.6 cm³/mol. The second-order valence-corrected chi connectivity index (χ2v) is 4.33. The van der Waals surface area contributed by atoms with E-state index in [4.69, 9.17) is 9.52 Å². The van der Waals surface area contributed by atoms with Gasteiger partial charge in [0.15, 0.2) is 5.58 Å². The Bertz CT molecular complexity index is 804. The number of benzene rings is 1. The van der Waals surface area contributed by atoms with Gasteiger partial charge in [-0.15, -0.1) is 0 Å². The third-order valence-electron chi connectivity index (χ3n) is 3.09. The van der Waals surface area contributed by atoms with Gasteiger partial charge in [-0.1, -0.05) is 6.07 Å². The van der Waals surface area contributed by atoms with E-state index in [-0.39, 0.29) is 17.8 Å². The average molecular weight is 277 g/mol. The zero-order valence-electron chi connectivity index (χ0n) is 10.1. The maximum atomic E-state index is 13.7. The van der Waals surface area contributed by atoms with Crippen molar-refractivity contribution in [3.05, 3.63) is 59.5 Å². The van der Waals surface area contributed by atoms with Crippen LogP contribution in [0.2, 0.25) is 0 Å². The Morgan fingerprint density at radius 1 is 1.25 bits per heavy atom. The number of aromatic nitrogens is 1. The van der Waals surface area contributed by atoms with E-state index < -0.39 is 17.6 Å². The van der Waals surface area contributed by atoms with Crippen LogP contribution in [0, 0.1) is 11.6 Å². The number of carboxylic acids is 1. The van der Waals surface area contributed by atoms with Crippen molar-refractivity contribution >= 4 is 17.1 Å². The van der Waals surface area contributed by atoms with Crippen molar-refractivity contribution in [3.8, 4) is 0 Å². The van der Waals surface area contributed by atoms with E-state index in [9.17, 15) is 13.6 Å². The second-order valence-electron chi connectivity index (χ2n) is 4.33. The van der Waals surface area contributed by atoms with Crippen LogP contribution < -0.4 is 0 Å². The van der Waals surface area contributed by atoms with Gasteiger partial charge in [-0.3, -0.25) is 0 Å². The number of furan rings is 1. The van der Waals surface area contributed by atoms with Crippen LogP contribution in [0.3, 0.4) is 0 Å². The van der Waals surface area contributed by atoms with E-state index in [1.54, 1.807) is 6.07 Å². The number of hydrogen-bond acceptors (Lipinski definition) is 2. The van der Waals surface area contributed by atoms with Crippen molar-refractivity contribution in [1.82, 2.24) is 4.57 Å². The maximum absolute atomic E-state index is 13.7. The summed E-state index contributed by atoms with van der Waals surface area (Å²) in [5.74, 6) is -2.53. The van der Waals surface area contributed by atoms with Crippen molar-refractivity contribution < 1.29 is 23.1 Å². The third kappa shape index (κ3) is 1.95. The Balaban J connectivity index is 2.11. The number of rotatable bonds is 3. The highest BCUT2D eigenvalue weighted by Crippen LogP contribution is 2.23. The predicted octanol–water partition coefficient (Wildman–Crippen LogP) is 3.26. The Labute approximate surface area is 111 Å². The molecular formula is C14H9F2NO3. The lowest BCUT2D eigenvalue weighted by molar-refractivity contribution is 0.0686. The van der Waals surface area contributed by atoms with E-state index in [1.165, 1.54) is 23.0 Å². The first kappa shape index (κ1) is 12.4. The summed E-state index contributed by atoms with van der Waals surface area (Å²) in [4.78, 5) is 11.2.